The Hall–Kier alpha value is -1.69. The van der Waals surface area contributed by atoms with Gasteiger partial charge in [-0.1, -0.05) is 18.2 Å². The number of rotatable bonds is 3. The van der Waals surface area contributed by atoms with Gasteiger partial charge in [-0.05, 0) is 25.5 Å². The van der Waals surface area contributed by atoms with E-state index in [0.29, 0.717) is 11.1 Å². The van der Waals surface area contributed by atoms with Crippen molar-refractivity contribution in [3.63, 3.8) is 0 Å². The summed E-state index contributed by atoms with van der Waals surface area (Å²) in [7, 11) is -3.23. The van der Waals surface area contributed by atoms with E-state index in [4.69, 9.17) is 0 Å². The molecule has 0 saturated heterocycles. The maximum atomic E-state index is 12.4. The van der Waals surface area contributed by atoms with Gasteiger partial charge in [0.05, 0.1) is 11.2 Å². The lowest BCUT2D eigenvalue weighted by molar-refractivity contribution is -0.134. The number of imide groups is 1. The monoisotopic (exact) mass is 295 g/mol. The highest BCUT2D eigenvalue weighted by Crippen LogP contribution is 2.34. The first kappa shape index (κ1) is 14.7. The van der Waals surface area contributed by atoms with E-state index < -0.39 is 21.2 Å². The summed E-state index contributed by atoms with van der Waals surface area (Å²) in [6.07, 6.45) is 1.09. The molecule has 0 bridgehead atoms. The van der Waals surface area contributed by atoms with Gasteiger partial charge in [0.15, 0.2) is 0 Å². The second kappa shape index (κ2) is 4.70. The van der Waals surface area contributed by atoms with Gasteiger partial charge in [0.25, 0.3) is 5.91 Å². The highest BCUT2D eigenvalue weighted by molar-refractivity contribution is 7.90. The van der Waals surface area contributed by atoms with Crippen LogP contribution >= 0.6 is 0 Å². The standard InChI is InChI=1S/C14H17NO4S/c1-14(2)11-7-5-4-6-10(11)12(16)15(13(14)17)8-9-20(3,18)19/h4-7H,8-9H2,1-3H3. The van der Waals surface area contributed by atoms with Crippen LogP contribution in [0.4, 0.5) is 0 Å². The molecule has 0 N–H and O–H groups in total. The van der Waals surface area contributed by atoms with Gasteiger partial charge in [-0.3, -0.25) is 14.5 Å². The third kappa shape index (κ3) is 2.47. The normalized spacial score (nSPS) is 18.1. The molecular formula is C14H17NO4S. The summed E-state index contributed by atoms with van der Waals surface area (Å²) in [6.45, 7) is 3.39. The SMILES string of the molecule is CC1(C)C(=O)N(CCS(C)(=O)=O)C(=O)c2ccccc21. The number of carbonyl (C=O) groups is 2. The Labute approximate surface area is 118 Å². The molecule has 2 rings (SSSR count). The fraction of sp³-hybridized carbons (Fsp3) is 0.429. The van der Waals surface area contributed by atoms with Gasteiger partial charge in [0, 0.05) is 18.4 Å². The van der Waals surface area contributed by atoms with E-state index in [2.05, 4.69) is 0 Å². The molecule has 1 aromatic carbocycles. The van der Waals surface area contributed by atoms with Crippen LogP contribution in [0.2, 0.25) is 0 Å². The van der Waals surface area contributed by atoms with Gasteiger partial charge in [0.1, 0.15) is 9.84 Å². The van der Waals surface area contributed by atoms with Gasteiger partial charge in [-0.25, -0.2) is 8.42 Å². The molecule has 0 fully saturated rings. The zero-order chi connectivity index (χ0) is 15.1. The molecule has 20 heavy (non-hydrogen) atoms. The maximum Gasteiger partial charge on any atom is 0.260 e. The van der Waals surface area contributed by atoms with Crippen LogP contribution in [0, 0.1) is 0 Å². The summed E-state index contributed by atoms with van der Waals surface area (Å²) in [5, 5.41) is 0. The van der Waals surface area contributed by atoms with Gasteiger partial charge < -0.3 is 0 Å². The van der Waals surface area contributed by atoms with Crippen molar-refractivity contribution in [2.75, 3.05) is 18.6 Å². The minimum atomic E-state index is -3.23. The average molecular weight is 295 g/mol. The molecule has 5 nitrogen and oxygen atoms in total. The summed E-state index contributed by atoms with van der Waals surface area (Å²) in [4.78, 5) is 25.8. The Kier molecular flexibility index (Phi) is 3.46. The van der Waals surface area contributed by atoms with Crippen molar-refractivity contribution < 1.29 is 18.0 Å². The van der Waals surface area contributed by atoms with Gasteiger partial charge in [0.2, 0.25) is 5.91 Å². The molecule has 1 aromatic rings. The lowest BCUT2D eigenvalue weighted by Gasteiger charge is -2.37. The fourth-order valence-electron chi connectivity index (χ4n) is 2.37. The Morgan fingerprint density at radius 3 is 2.35 bits per heavy atom. The smallest absolute Gasteiger partial charge is 0.260 e. The van der Waals surface area contributed by atoms with Crippen molar-refractivity contribution in [3.8, 4) is 0 Å². The summed E-state index contributed by atoms with van der Waals surface area (Å²) < 4.78 is 22.5. The molecule has 0 aliphatic carbocycles. The van der Waals surface area contributed by atoms with E-state index in [1.54, 1.807) is 38.1 Å². The number of hydrogen-bond donors (Lipinski definition) is 0. The molecule has 6 heteroatoms. The lowest BCUT2D eigenvalue weighted by atomic mass is 9.77. The second-order valence-electron chi connectivity index (χ2n) is 5.56. The van der Waals surface area contributed by atoms with Gasteiger partial charge in [-0.15, -0.1) is 0 Å². The molecule has 1 heterocycles. The zero-order valence-electron chi connectivity index (χ0n) is 11.7. The largest absolute Gasteiger partial charge is 0.277 e. The minimum absolute atomic E-state index is 0.103. The van der Waals surface area contributed by atoms with Crippen LogP contribution in [0.25, 0.3) is 0 Å². The second-order valence-corrected chi connectivity index (χ2v) is 7.82. The Morgan fingerprint density at radius 1 is 1.15 bits per heavy atom. The van der Waals surface area contributed by atoms with Crippen LogP contribution < -0.4 is 0 Å². The van der Waals surface area contributed by atoms with Gasteiger partial charge >= 0.3 is 0 Å². The topological polar surface area (TPSA) is 71.5 Å². The molecule has 0 spiro atoms. The highest BCUT2D eigenvalue weighted by atomic mass is 32.2. The third-order valence-electron chi connectivity index (χ3n) is 3.54. The van der Waals surface area contributed by atoms with Crippen molar-refractivity contribution in [1.82, 2.24) is 4.90 Å². The molecule has 0 unspecified atom stereocenters. The average Bonchev–Trinajstić information content (AvgIpc) is 2.35. The number of benzene rings is 1. The predicted molar refractivity (Wildman–Crippen MR) is 75.2 cm³/mol. The lowest BCUT2D eigenvalue weighted by Crippen LogP contribution is -2.52. The van der Waals surface area contributed by atoms with Crippen LogP contribution in [0.15, 0.2) is 24.3 Å². The molecule has 1 aliphatic rings. The van der Waals surface area contributed by atoms with Crippen LogP contribution in [0.5, 0.6) is 0 Å². The van der Waals surface area contributed by atoms with Crippen LogP contribution in [-0.4, -0.2) is 43.7 Å². The number of sulfone groups is 1. The molecule has 0 aromatic heterocycles. The number of carbonyl (C=O) groups excluding carboxylic acids is 2. The quantitative estimate of drug-likeness (QED) is 0.780. The molecule has 0 saturated carbocycles. The highest BCUT2D eigenvalue weighted by Gasteiger charge is 2.44. The number of fused-ring (bicyclic) bond motifs is 1. The summed E-state index contributed by atoms with van der Waals surface area (Å²) in [6, 6.07) is 6.95. The summed E-state index contributed by atoms with van der Waals surface area (Å²) in [5.41, 5.74) is 0.318. The predicted octanol–water partition coefficient (Wildman–Crippen LogP) is 0.991. The van der Waals surface area contributed by atoms with E-state index in [1.807, 2.05) is 0 Å². The summed E-state index contributed by atoms with van der Waals surface area (Å²) in [5.74, 6) is -0.999. The molecule has 0 radical (unpaired) electrons. The molecule has 2 amide bonds. The van der Waals surface area contributed by atoms with Crippen molar-refractivity contribution in [3.05, 3.63) is 35.4 Å². The first-order valence-electron chi connectivity index (χ1n) is 6.28. The van der Waals surface area contributed by atoms with Crippen molar-refractivity contribution in [2.45, 2.75) is 19.3 Å². The van der Waals surface area contributed by atoms with E-state index in [0.717, 1.165) is 11.2 Å². The first-order valence-corrected chi connectivity index (χ1v) is 8.34. The molecule has 0 atom stereocenters. The maximum absolute atomic E-state index is 12.4. The minimum Gasteiger partial charge on any atom is -0.277 e. The van der Waals surface area contributed by atoms with Crippen LogP contribution in [0.3, 0.4) is 0 Å². The fourth-order valence-corrected chi connectivity index (χ4v) is 2.88. The van der Waals surface area contributed by atoms with E-state index >= 15 is 0 Å². The molecule has 108 valence electrons. The van der Waals surface area contributed by atoms with Crippen LogP contribution in [-0.2, 0) is 20.0 Å². The van der Waals surface area contributed by atoms with Gasteiger partial charge in [-0.2, -0.15) is 0 Å². The first-order chi connectivity index (χ1) is 9.14. The van der Waals surface area contributed by atoms with Crippen LogP contribution in [0.1, 0.15) is 29.8 Å². The number of hydrogen-bond acceptors (Lipinski definition) is 4. The van der Waals surface area contributed by atoms with Crippen molar-refractivity contribution >= 4 is 21.7 Å². The summed E-state index contributed by atoms with van der Waals surface area (Å²) >= 11 is 0. The molecule has 1 aliphatic heterocycles. The van der Waals surface area contributed by atoms with Crippen molar-refractivity contribution in [2.24, 2.45) is 0 Å². The number of amides is 2. The Balaban J connectivity index is 2.43. The zero-order valence-corrected chi connectivity index (χ0v) is 12.5. The van der Waals surface area contributed by atoms with Crippen molar-refractivity contribution in [1.29, 1.82) is 0 Å². The Bertz CT molecular complexity index is 676. The third-order valence-corrected chi connectivity index (χ3v) is 4.47. The molecular weight excluding hydrogens is 278 g/mol. The Morgan fingerprint density at radius 2 is 1.75 bits per heavy atom. The van der Waals surface area contributed by atoms with E-state index in [9.17, 15) is 18.0 Å². The number of nitrogens with zero attached hydrogens (tertiary/aromatic N) is 1. The van der Waals surface area contributed by atoms with E-state index in [1.165, 1.54) is 0 Å². The van der Waals surface area contributed by atoms with E-state index in [-0.39, 0.29) is 18.2 Å².